The third-order valence-corrected chi connectivity index (χ3v) is 14.9. The Morgan fingerprint density at radius 3 is 1.98 bits per heavy atom. The van der Waals surface area contributed by atoms with E-state index in [2.05, 4.69) is 199 Å². The number of aromatic hydroxyl groups is 1. The first-order valence-corrected chi connectivity index (χ1v) is 23.4. The molecule has 0 atom stereocenters. The molecule has 0 aliphatic heterocycles. The molecule has 4 aromatic heterocycles. The van der Waals surface area contributed by atoms with E-state index in [1.165, 1.54) is 22.3 Å². The maximum absolute atomic E-state index is 12.7. The van der Waals surface area contributed by atoms with Gasteiger partial charge in [-0.1, -0.05) is 145 Å². The summed E-state index contributed by atoms with van der Waals surface area (Å²) >= 11 is 0. The Kier molecular flexibility index (Phi) is 9.52. The number of para-hydroxylation sites is 1. The van der Waals surface area contributed by atoms with Crippen molar-refractivity contribution in [3.8, 4) is 56.3 Å². The quantitative estimate of drug-likeness (QED) is 0.191. The Balaban J connectivity index is 1.38. The van der Waals surface area contributed by atoms with Crippen LogP contribution in [0.2, 0.25) is 0 Å². The van der Waals surface area contributed by atoms with E-state index in [1.54, 1.807) is 6.20 Å². The van der Waals surface area contributed by atoms with Crippen LogP contribution in [0, 0.1) is 6.92 Å². The van der Waals surface area contributed by atoms with Gasteiger partial charge in [0, 0.05) is 61.8 Å². The minimum absolute atomic E-state index is 0.0922. The van der Waals surface area contributed by atoms with Crippen LogP contribution >= 0.6 is 0 Å². The van der Waals surface area contributed by atoms with Gasteiger partial charge < -0.3 is 9.52 Å². The molecule has 0 spiro atoms. The minimum Gasteiger partial charge on any atom is -0.507 e. The number of pyridine rings is 2. The number of benzene rings is 5. The average molecular weight is 871 g/mol. The van der Waals surface area contributed by atoms with Crippen molar-refractivity contribution in [3.63, 3.8) is 0 Å². The van der Waals surface area contributed by atoms with Crippen LogP contribution in [0.4, 0.5) is 0 Å². The summed E-state index contributed by atoms with van der Waals surface area (Å²) in [6, 6.07) is 36.8. The van der Waals surface area contributed by atoms with E-state index in [4.69, 9.17) is 19.4 Å². The molecule has 1 aliphatic carbocycles. The van der Waals surface area contributed by atoms with Gasteiger partial charge in [-0.25, -0.2) is 9.97 Å². The molecule has 1 aliphatic rings. The normalized spacial score (nSPS) is 14.8. The first kappa shape index (κ1) is 43.4. The Bertz CT molecular complexity index is 3430. The van der Waals surface area contributed by atoms with E-state index in [9.17, 15) is 5.11 Å². The number of phenolic OH excluding ortho intramolecular Hbond substituents is 1. The van der Waals surface area contributed by atoms with Crippen LogP contribution in [0.1, 0.15) is 123 Å². The third-order valence-electron chi connectivity index (χ3n) is 14.9. The van der Waals surface area contributed by atoms with Crippen LogP contribution in [0.3, 0.4) is 0 Å². The van der Waals surface area contributed by atoms with Gasteiger partial charge in [-0.05, 0) is 105 Å². The predicted molar refractivity (Wildman–Crippen MR) is 274 cm³/mol. The zero-order valence-corrected chi connectivity index (χ0v) is 41.1. The van der Waals surface area contributed by atoms with Crippen molar-refractivity contribution in [1.82, 2.24) is 19.5 Å². The lowest BCUT2D eigenvalue weighted by Crippen LogP contribution is -2.44. The molecule has 5 aromatic carbocycles. The largest absolute Gasteiger partial charge is 0.507 e. The fraction of sp³-hybridized carbons (Fsp3) is 0.317. The van der Waals surface area contributed by atoms with Gasteiger partial charge >= 0.3 is 0 Å². The average Bonchev–Trinajstić information content (AvgIpc) is 3.83. The van der Waals surface area contributed by atoms with Crippen molar-refractivity contribution in [1.29, 1.82) is 0 Å². The summed E-state index contributed by atoms with van der Waals surface area (Å²) < 4.78 is 9.25. The fourth-order valence-corrected chi connectivity index (χ4v) is 10.6. The Hall–Kier alpha value is -6.53. The molecule has 0 radical (unpaired) electrons. The number of rotatable bonds is 4. The van der Waals surface area contributed by atoms with Crippen molar-refractivity contribution in [2.45, 2.75) is 124 Å². The molecule has 0 bridgehead atoms. The summed E-state index contributed by atoms with van der Waals surface area (Å²) in [5, 5.41) is 14.7. The highest BCUT2D eigenvalue weighted by Gasteiger charge is 2.49. The van der Waals surface area contributed by atoms with E-state index >= 15 is 0 Å². The van der Waals surface area contributed by atoms with Crippen molar-refractivity contribution >= 4 is 33.1 Å². The topological polar surface area (TPSA) is 77.0 Å². The molecule has 334 valence electrons. The summed E-state index contributed by atoms with van der Waals surface area (Å²) in [7, 11) is 0. The second-order valence-electron chi connectivity index (χ2n) is 22.8. The monoisotopic (exact) mass is 870 g/mol. The van der Waals surface area contributed by atoms with Crippen LogP contribution in [0.25, 0.3) is 83.7 Å². The first-order valence-electron chi connectivity index (χ1n) is 23.4. The van der Waals surface area contributed by atoms with Crippen molar-refractivity contribution in [3.05, 3.63) is 149 Å². The van der Waals surface area contributed by atoms with E-state index < -0.39 is 0 Å². The SMILES string of the molecule is Cc1ccnc2c1C(C)(C)C(C)(C)c1c-2cc(-c2cccc3c2nc(-c2cc(C(C)(C)C)cc(C(C)(C)C)c2O)n3-c2ccc(C(C)(C)C)cc2-c2ccccc2)c2oc3ncccc3c12. The first-order chi connectivity index (χ1) is 31.0. The summed E-state index contributed by atoms with van der Waals surface area (Å²) in [5.41, 5.74) is 16.6. The predicted octanol–water partition coefficient (Wildman–Crippen LogP) is 15.9. The number of hydrogen-bond donors (Lipinski definition) is 1. The highest BCUT2D eigenvalue weighted by molar-refractivity contribution is 6.16. The molecule has 0 saturated heterocycles. The zero-order chi connectivity index (χ0) is 47.0. The van der Waals surface area contributed by atoms with Crippen LogP contribution < -0.4 is 0 Å². The summed E-state index contributed by atoms with van der Waals surface area (Å²) in [5.74, 6) is 0.904. The molecule has 6 nitrogen and oxygen atoms in total. The van der Waals surface area contributed by atoms with E-state index in [-0.39, 0.29) is 32.8 Å². The standard InChI is InChI=1S/C60H62N4O2/c1-34-27-29-61-51-42-33-41(53-47(39-23-19-28-62-55(39)66-53)49(42)60(13,14)59(11,12)48(34)51)38-22-18-24-46-50(38)63-54(43-31-37(57(5,6)7)32-44(52(43)65)58(8,9)10)64(46)45-26-25-36(56(2,3)4)30-40(45)35-20-16-15-17-21-35/h15-33,65H,1-14H3. The van der Waals surface area contributed by atoms with E-state index in [0.29, 0.717) is 17.1 Å². The minimum atomic E-state index is -0.346. The van der Waals surface area contributed by atoms with Gasteiger partial charge in [-0.2, -0.15) is 0 Å². The van der Waals surface area contributed by atoms with Gasteiger partial charge in [0.2, 0.25) is 5.71 Å². The lowest BCUT2D eigenvalue weighted by atomic mass is 9.54. The van der Waals surface area contributed by atoms with Gasteiger partial charge in [0.25, 0.3) is 0 Å². The molecule has 6 heteroatoms. The number of aryl methyl sites for hydroxylation is 1. The summed E-state index contributed by atoms with van der Waals surface area (Å²) in [6.45, 7) is 31.6. The van der Waals surface area contributed by atoms with Gasteiger partial charge in [0.15, 0.2) is 0 Å². The van der Waals surface area contributed by atoms with Gasteiger partial charge in [0.1, 0.15) is 17.2 Å². The number of furan rings is 1. The molecule has 66 heavy (non-hydrogen) atoms. The van der Waals surface area contributed by atoms with Crippen LogP contribution in [0.5, 0.6) is 5.75 Å². The molecule has 1 N–H and O–H groups in total. The molecule has 0 amide bonds. The maximum atomic E-state index is 12.7. The third kappa shape index (κ3) is 6.46. The van der Waals surface area contributed by atoms with Crippen molar-refractivity contribution < 1.29 is 9.52 Å². The van der Waals surface area contributed by atoms with Crippen molar-refractivity contribution in [2.24, 2.45) is 0 Å². The molecule has 0 unspecified atom stereocenters. The summed E-state index contributed by atoms with van der Waals surface area (Å²) in [4.78, 5) is 15.7. The maximum Gasteiger partial charge on any atom is 0.227 e. The molecule has 9 aromatic rings. The van der Waals surface area contributed by atoms with Gasteiger partial charge in [-0.3, -0.25) is 9.55 Å². The number of imidazole rings is 1. The second kappa shape index (κ2) is 14.5. The number of aromatic nitrogens is 4. The van der Waals surface area contributed by atoms with Gasteiger partial charge in [0.05, 0.1) is 28.0 Å². The van der Waals surface area contributed by atoms with Crippen LogP contribution in [-0.2, 0) is 27.1 Å². The number of nitrogens with zero attached hydrogens (tertiary/aromatic N) is 4. The van der Waals surface area contributed by atoms with Crippen LogP contribution in [0.15, 0.2) is 120 Å². The summed E-state index contributed by atoms with van der Waals surface area (Å²) in [6.07, 6.45) is 3.75. The lowest BCUT2D eigenvalue weighted by molar-refractivity contribution is 0.299. The Morgan fingerprint density at radius 2 is 1.29 bits per heavy atom. The number of phenols is 1. The van der Waals surface area contributed by atoms with Crippen LogP contribution in [-0.4, -0.2) is 24.6 Å². The molecule has 10 rings (SSSR count). The highest BCUT2D eigenvalue weighted by atomic mass is 16.3. The van der Waals surface area contributed by atoms with E-state index in [1.807, 2.05) is 12.3 Å². The lowest BCUT2D eigenvalue weighted by Gasteiger charge is -2.48. The molecule has 0 fully saturated rings. The number of hydrogen-bond acceptors (Lipinski definition) is 5. The van der Waals surface area contributed by atoms with E-state index in [0.717, 1.165) is 77.7 Å². The smallest absolute Gasteiger partial charge is 0.227 e. The molecular weight excluding hydrogens is 809 g/mol. The van der Waals surface area contributed by atoms with Crippen molar-refractivity contribution in [2.75, 3.05) is 0 Å². The molecule has 0 saturated carbocycles. The Labute approximate surface area is 389 Å². The number of fused-ring (bicyclic) bond motifs is 8. The zero-order valence-electron chi connectivity index (χ0n) is 41.1. The Morgan fingerprint density at radius 1 is 0.591 bits per heavy atom. The van der Waals surface area contributed by atoms with Gasteiger partial charge in [-0.15, -0.1) is 0 Å². The molecule has 4 heterocycles. The fourth-order valence-electron chi connectivity index (χ4n) is 10.6. The second-order valence-corrected chi connectivity index (χ2v) is 22.8. The highest BCUT2D eigenvalue weighted by Crippen LogP contribution is 2.58. The molecular formula is C60H62N4O2.